The molecule has 12 heavy (non-hydrogen) atoms. The van der Waals surface area contributed by atoms with Crippen molar-refractivity contribution in [3.63, 3.8) is 0 Å². The van der Waals surface area contributed by atoms with Crippen LogP contribution in [0.2, 0.25) is 5.02 Å². The van der Waals surface area contributed by atoms with Gasteiger partial charge in [-0.1, -0.05) is 36.0 Å². The lowest BCUT2D eigenvalue weighted by Gasteiger charge is -2.02. The molecule has 0 saturated carbocycles. The molecule has 0 aliphatic rings. The van der Waals surface area contributed by atoms with Crippen molar-refractivity contribution < 1.29 is 4.39 Å². The van der Waals surface area contributed by atoms with E-state index in [1.54, 1.807) is 12.1 Å². The summed E-state index contributed by atoms with van der Waals surface area (Å²) in [5, 5.41) is 0.102. The van der Waals surface area contributed by atoms with Gasteiger partial charge in [-0.3, -0.25) is 0 Å². The van der Waals surface area contributed by atoms with Crippen LogP contribution in [0.3, 0.4) is 0 Å². The van der Waals surface area contributed by atoms with Crippen LogP contribution in [0.5, 0.6) is 0 Å². The van der Waals surface area contributed by atoms with Gasteiger partial charge in [0.15, 0.2) is 0 Å². The second-order valence-electron chi connectivity index (χ2n) is 2.36. The molecule has 0 aliphatic carbocycles. The van der Waals surface area contributed by atoms with Crippen LogP contribution in [0.25, 0.3) is 0 Å². The third-order valence-electron chi connectivity index (χ3n) is 1.40. The Morgan fingerprint density at radius 1 is 1.58 bits per heavy atom. The van der Waals surface area contributed by atoms with Gasteiger partial charge in [-0.15, -0.1) is 0 Å². The monoisotopic (exact) mass is 203 g/mol. The smallest absolute Gasteiger partial charge is 0.142 e. The summed E-state index contributed by atoms with van der Waals surface area (Å²) in [4.78, 5) is 0.308. The van der Waals surface area contributed by atoms with Crippen molar-refractivity contribution in [3.05, 3.63) is 34.6 Å². The number of hydrogen-bond acceptors (Lipinski definition) is 1. The first-order valence-corrected chi connectivity index (χ1v) is 4.11. The molecule has 0 amide bonds. The molecule has 2 N–H and O–H groups in total. The third-order valence-corrected chi connectivity index (χ3v) is 1.96. The molecule has 0 radical (unpaired) electrons. The Morgan fingerprint density at radius 2 is 2.25 bits per heavy atom. The Balaban J connectivity index is 3.00. The second kappa shape index (κ2) is 3.83. The van der Waals surface area contributed by atoms with Crippen molar-refractivity contribution in [1.29, 1.82) is 0 Å². The van der Waals surface area contributed by atoms with Crippen molar-refractivity contribution in [3.8, 4) is 0 Å². The van der Waals surface area contributed by atoms with Crippen LogP contribution in [0.15, 0.2) is 18.2 Å². The fourth-order valence-corrected chi connectivity index (χ4v) is 1.22. The first-order valence-electron chi connectivity index (χ1n) is 3.32. The van der Waals surface area contributed by atoms with E-state index in [9.17, 15) is 4.39 Å². The number of hydrogen-bond donors (Lipinski definition) is 1. The Bertz CT molecular complexity index is 314. The predicted octanol–water partition coefficient (Wildman–Crippen LogP) is 2.31. The number of benzene rings is 1. The summed E-state index contributed by atoms with van der Waals surface area (Å²) in [6.45, 7) is 0. The Labute approximate surface area is 80.3 Å². The zero-order valence-corrected chi connectivity index (χ0v) is 7.75. The summed E-state index contributed by atoms with van der Waals surface area (Å²) in [5.74, 6) is -0.439. The molecule has 0 heterocycles. The van der Waals surface area contributed by atoms with Gasteiger partial charge >= 0.3 is 0 Å². The van der Waals surface area contributed by atoms with Crippen LogP contribution >= 0.6 is 23.8 Å². The van der Waals surface area contributed by atoms with Crippen LogP contribution in [0.1, 0.15) is 5.56 Å². The molecule has 0 aromatic heterocycles. The lowest BCUT2D eigenvalue weighted by Crippen LogP contribution is -2.11. The zero-order chi connectivity index (χ0) is 9.14. The van der Waals surface area contributed by atoms with Crippen LogP contribution in [0.4, 0.5) is 4.39 Å². The molecule has 4 heteroatoms. The Hall–Kier alpha value is -0.670. The van der Waals surface area contributed by atoms with Gasteiger partial charge in [0.05, 0.1) is 10.0 Å². The molecule has 0 fully saturated rings. The maximum Gasteiger partial charge on any atom is 0.142 e. The molecule has 0 bridgehead atoms. The molecule has 0 atom stereocenters. The minimum atomic E-state index is -0.439. The molecule has 0 saturated heterocycles. The first kappa shape index (κ1) is 9.42. The molecule has 1 nitrogen and oxygen atoms in total. The molecule has 1 rings (SSSR count). The molecule has 64 valence electrons. The van der Waals surface area contributed by atoms with E-state index < -0.39 is 5.82 Å². The summed E-state index contributed by atoms with van der Waals surface area (Å²) in [6, 6.07) is 4.57. The molecule has 1 aromatic rings. The van der Waals surface area contributed by atoms with Gasteiger partial charge in [-0.05, 0) is 11.6 Å². The summed E-state index contributed by atoms with van der Waals surface area (Å²) in [5.41, 5.74) is 5.92. The largest absolute Gasteiger partial charge is 0.393 e. The van der Waals surface area contributed by atoms with Gasteiger partial charge in [0.2, 0.25) is 0 Å². The normalized spacial score (nSPS) is 9.83. The molecular weight excluding hydrogens is 197 g/mol. The lowest BCUT2D eigenvalue weighted by atomic mass is 10.1. The van der Waals surface area contributed by atoms with E-state index in [1.807, 2.05) is 0 Å². The van der Waals surface area contributed by atoms with Crippen molar-refractivity contribution >= 4 is 28.8 Å². The quantitative estimate of drug-likeness (QED) is 0.747. The van der Waals surface area contributed by atoms with Crippen molar-refractivity contribution in [2.24, 2.45) is 5.73 Å². The lowest BCUT2D eigenvalue weighted by molar-refractivity contribution is 0.627. The van der Waals surface area contributed by atoms with Gasteiger partial charge < -0.3 is 5.73 Å². The standard InChI is InChI=1S/C8H7ClFNS/c9-8-5(4-7(11)12)2-1-3-6(8)10/h1-3H,4H2,(H2,11,12). The average molecular weight is 204 g/mol. The van der Waals surface area contributed by atoms with Crippen molar-refractivity contribution in [1.82, 2.24) is 0 Å². The van der Waals surface area contributed by atoms with E-state index in [-0.39, 0.29) is 5.02 Å². The molecular formula is C8H7ClFNS. The summed E-state index contributed by atoms with van der Waals surface area (Å²) in [6.07, 6.45) is 0.339. The van der Waals surface area contributed by atoms with Crippen LogP contribution in [-0.4, -0.2) is 4.99 Å². The molecule has 0 unspecified atom stereocenters. The third kappa shape index (κ3) is 2.16. The van der Waals surface area contributed by atoms with Gasteiger partial charge in [-0.2, -0.15) is 0 Å². The van der Waals surface area contributed by atoms with E-state index in [0.717, 1.165) is 0 Å². The van der Waals surface area contributed by atoms with Gasteiger partial charge in [0.25, 0.3) is 0 Å². The maximum absolute atomic E-state index is 12.8. The van der Waals surface area contributed by atoms with Crippen molar-refractivity contribution in [2.45, 2.75) is 6.42 Å². The number of nitrogens with two attached hydrogens (primary N) is 1. The minimum absolute atomic E-state index is 0.102. The highest BCUT2D eigenvalue weighted by molar-refractivity contribution is 7.80. The van der Waals surface area contributed by atoms with Gasteiger partial charge in [-0.25, -0.2) is 4.39 Å². The van der Waals surface area contributed by atoms with E-state index in [2.05, 4.69) is 12.2 Å². The van der Waals surface area contributed by atoms with Gasteiger partial charge in [0.1, 0.15) is 5.82 Å². The predicted molar refractivity (Wildman–Crippen MR) is 51.9 cm³/mol. The SMILES string of the molecule is NC(=S)Cc1cccc(F)c1Cl. The molecule has 0 aliphatic heterocycles. The highest BCUT2D eigenvalue weighted by atomic mass is 35.5. The van der Waals surface area contributed by atoms with E-state index in [0.29, 0.717) is 17.0 Å². The fourth-order valence-electron chi connectivity index (χ4n) is 0.873. The van der Waals surface area contributed by atoms with Crippen LogP contribution in [-0.2, 0) is 6.42 Å². The maximum atomic E-state index is 12.8. The second-order valence-corrected chi connectivity index (χ2v) is 3.26. The molecule has 0 spiro atoms. The van der Waals surface area contributed by atoms with E-state index >= 15 is 0 Å². The first-order chi connectivity index (χ1) is 5.61. The zero-order valence-electron chi connectivity index (χ0n) is 6.18. The van der Waals surface area contributed by atoms with Crippen molar-refractivity contribution in [2.75, 3.05) is 0 Å². The van der Waals surface area contributed by atoms with Gasteiger partial charge in [0, 0.05) is 6.42 Å². The molecule has 1 aromatic carbocycles. The number of thiocarbonyl (C=S) groups is 1. The number of rotatable bonds is 2. The van der Waals surface area contributed by atoms with E-state index in [4.69, 9.17) is 17.3 Å². The summed E-state index contributed by atoms with van der Waals surface area (Å²) >= 11 is 10.3. The average Bonchev–Trinajstić information content (AvgIpc) is 1.98. The summed E-state index contributed by atoms with van der Waals surface area (Å²) in [7, 11) is 0. The number of halogens is 2. The van der Waals surface area contributed by atoms with Crippen LogP contribution < -0.4 is 5.73 Å². The highest BCUT2D eigenvalue weighted by Crippen LogP contribution is 2.19. The Kier molecular flexibility index (Phi) is 3.00. The van der Waals surface area contributed by atoms with E-state index in [1.165, 1.54) is 6.07 Å². The summed E-state index contributed by atoms with van der Waals surface area (Å²) < 4.78 is 12.8. The minimum Gasteiger partial charge on any atom is -0.393 e. The topological polar surface area (TPSA) is 26.0 Å². The Morgan fingerprint density at radius 3 is 2.83 bits per heavy atom. The fraction of sp³-hybridized carbons (Fsp3) is 0.125. The highest BCUT2D eigenvalue weighted by Gasteiger charge is 2.05. The van der Waals surface area contributed by atoms with Crippen LogP contribution in [0, 0.1) is 5.82 Å².